The topological polar surface area (TPSA) is 142 Å². The third-order valence-electron chi connectivity index (χ3n) is 4.26. The smallest absolute Gasteiger partial charge is 0.315 e. The Labute approximate surface area is 166 Å². The average molecular weight is 398 g/mol. The van der Waals surface area contributed by atoms with E-state index >= 15 is 0 Å². The van der Waals surface area contributed by atoms with Gasteiger partial charge in [0, 0.05) is 13.0 Å². The van der Waals surface area contributed by atoms with Gasteiger partial charge >= 0.3 is 12.0 Å². The Morgan fingerprint density at radius 1 is 1.10 bits per heavy atom. The molecule has 0 atom stereocenters. The van der Waals surface area contributed by atoms with Crippen molar-refractivity contribution in [1.82, 2.24) is 30.4 Å². The summed E-state index contributed by atoms with van der Waals surface area (Å²) in [5.41, 5.74) is 0.864. The number of aliphatic carboxylic acids is 1. The number of para-hydroxylation sites is 1. The van der Waals surface area contributed by atoms with Gasteiger partial charge in [-0.1, -0.05) is 24.6 Å². The number of amides is 2. The summed E-state index contributed by atoms with van der Waals surface area (Å²) in [6, 6.07) is 8.95. The van der Waals surface area contributed by atoms with Crippen LogP contribution in [-0.4, -0.2) is 43.4 Å². The van der Waals surface area contributed by atoms with E-state index in [0.717, 1.165) is 12.1 Å². The molecule has 29 heavy (non-hydrogen) atoms. The second-order valence-electron chi connectivity index (χ2n) is 6.46. The lowest BCUT2D eigenvalue weighted by molar-refractivity contribution is -0.137. The van der Waals surface area contributed by atoms with E-state index in [9.17, 15) is 14.4 Å². The van der Waals surface area contributed by atoms with Crippen molar-refractivity contribution < 1.29 is 14.7 Å². The molecule has 0 radical (unpaired) electrons. The van der Waals surface area contributed by atoms with Crippen LogP contribution in [0.3, 0.4) is 0 Å². The Hall–Kier alpha value is -3.69. The van der Waals surface area contributed by atoms with Gasteiger partial charge in [-0.25, -0.2) is 14.5 Å². The number of benzene rings is 1. The first-order valence-electron chi connectivity index (χ1n) is 9.30. The van der Waals surface area contributed by atoms with Crippen molar-refractivity contribution in [2.75, 3.05) is 6.54 Å². The quantitative estimate of drug-likeness (QED) is 0.403. The van der Waals surface area contributed by atoms with Gasteiger partial charge in [-0.2, -0.15) is 5.10 Å². The summed E-state index contributed by atoms with van der Waals surface area (Å²) < 4.78 is 1.57. The van der Waals surface area contributed by atoms with Crippen molar-refractivity contribution in [1.29, 1.82) is 0 Å². The molecule has 152 valence electrons. The van der Waals surface area contributed by atoms with Crippen molar-refractivity contribution >= 4 is 23.0 Å². The molecule has 0 aliphatic carbocycles. The molecule has 10 heteroatoms. The van der Waals surface area contributed by atoms with Gasteiger partial charge in [0.15, 0.2) is 5.65 Å². The van der Waals surface area contributed by atoms with Crippen LogP contribution in [0.5, 0.6) is 0 Å². The molecule has 3 rings (SSSR count). The molecule has 2 aromatic heterocycles. The summed E-state index contributed by atoms with van der Waals surface area (Å²) in [4.78, 5) is 41.7. The summed E-state index contributed by atoms with van der Waals surface area (Å²) in [6.45, 7) is 0.491. The standard InChI is InChI=1S/C19H22N6O4/c26-16(27)9-5-2-6-10-20-19(29)21-12-15-23-17-14(18(28)24-15)11-22-25(17)13-7-3-1-4-8-13/h1,3-4,7-8,11H,2,5-6,9-10,12H2,(H,26,27)(H2,20,21,29)(H,23,24,28). The number of aromatic nitrogens is 4. The molecule has 3 aromatic rings. The number of H-pyrrole nitrogens is 1. The SMILES string of the molecule is O=C(O)CCCCCNC(=O)NCc1nc2c(cnn2-c2ccccc2)c(=O)[nH]1. The van der Waals surface area contributed by atoms with E-state index in [-0.39, 0.29) is 24.6 Å². The number of nitrogens with one attached hydrogen (secondary N) is 3. The van der Waals surface area contributed by atoms with Gasteiger partial charge in [0.05, 0.1) is 18.4 Å². The van der Waals surface area contributed by atoms with Crippen LogP contribution in [0.1, 0.15) is 31.5 Å². The van der Waals surface area contributed by atoms with Crippen molar-refractivity contribution in [3.05, 3.63) is 52.7 Å². The Morgan fingerprint density at radius 3 is 2.66 bits per heavy atom. The zero-order valence-electron chi connectivity index (χ0n) is 15.7. The highest BCUT2D eigenvalue weighted by Crippen LogP contribution is 2.13. The molecule has 10 nitrogen and oxygen atoms in total. The summed E-state index contributed by atoms with van der Waals surface area (Å²) >= 11 is 0. The van der Waals surface area contributed by atoms with Crippen LogP contribution in [0.2, 0.25) is 0 Å². The number of unbranched alkanes of at least 4 members (excludes halogenated alkanes) is 2. The fourth-order valence-electron chi connectivity index (χ4n) is 2.81. The largest absolute Gasteiger partial charge is 0.481 e. The molecule has 1 aromatic carbocycles. The molecule has 4 N–H and O–H groups in total. The van der Waals surface area contributed by atoms with Gasteiger partial charge in [-0.15, -0.1) is 0 Å². The molecular formula is C19H22N6O4. The number of carbonyl (C=O) groups excluding carboxylic acids is 1. The Kier molecular flexibility index (Phi) is 6.56. The van der Waals surface area contributed by atoms with E-state index in [2.05, 4.69) is 25.7 Å². The van der Waals surface area contributed by atoms with Crippen LogP contribution in [0, 0.1) is 0 Å². The minimum absolute atomic E-state index is 0.0516. The van der Waals surface area contributed by atoms with E-state index in [1.54, 1.807) is 4.68 Å². The number of nitrogens with zero attached hydrogens (tertiary/aromatic N) is 3. The zero-order valence-corrected chi connectivity index (χ0v) is 15.7. The molecule has 0 unspecified atom stereocenters. The van der Waals surface area contributed by atoms with Crippen molar-refractivity contribution in [3.63, 3.8) is 0 Å². The number of hydrogen-bond donors (Lipinski definition) is 4. The molecule has 2 heterocycles. The lowest BCUT2D eigenvalue weighted by Crippen LogP contribution is -2.36. The number of carbonyl (C=O) groups is 2. The number of carboxylic acids is 1. The van der Waals surface area contributed by atoms with Crippen LogP contribution in [0.25, 0.3) is 16.7 Å². The highest BCUT2D eigenvalue weighted by Gasteiger charge is 2.12. The van der Waals surface area contributed by atoms with Gasteiger partial charge in [0.1, 0.15) is 11.2 Å². The minimum Gasteiger partial charge on any atom is -0.481 e. The van der Waals surface area contributed by atoms with E-state index in [1.807, 2.05) is 30.3 Å². The molecule has 0 bridgehead atoms. The summed E-state index contributed by atoms with van der Waals surface area (Å²) in [5, 5.41) is 18.5. The molecular weight excluding hydrogens is 376 g/mol. The van der Waals surface area contributed by atoms with Gasteiger partial charge in [0.2, 0.25) is 0 Å². The third-order valence-corrected chi connectivity index (χ3v) is 4.26. The van der Waals surface area contributed by atoms with Gasteiger partial charge in [-0.3, -0.25) is 9.59 Å². The summed E-state index contributed by atoms with van der Waals surface area (Å²) in [5.74, 6) is -0.500. The molecule has 0 aliphatic rings. The molecule has 0 fully saturated rings. The highest BCUT2D eigenvalue weighted by molar-refractivity contribution is 5.75. The maximum absolute atomic E-state index is 12.3. The minimum atomic E-state index is -0.817. The fourth-order valence-corrected chi connectivity index (χ4v) is 2.81. The summed E-state index contributed by atoms with van der Waals surface area (Å²) in [7, 11) is 0. The van der Waals surface area contributed by atoms with Gasteiger partial charge < -0.3 is 20.7 Å². The normalized spacial score (nSPS) is 10.8. The number of carboxylic acid groups (broad SMARTS) is 1. The van der Waals surface area contributed by atoms with E-state index in [4.69, 9.17) is 5.11 Å². The van der Waals surface area contributed by atoms with Crippen LogP contribution >= 0.6 is 0 Å². The molecule has 0 spiro atoms. The predicted octanol–water partition coefficient (Wildman–Crippen LogP) is 1.55. The first-order chi connectivity index (χ1) is 14.0. The van der Waals surface area contributed by atoms with Crippen LogP contribution in [0.4, 0.5) is 4.79 Å². The number of fused-ring (bicyclic) bond motifs is 1. The average Bonchev–Trinajstić information content (AvgIpc) is 3.14. The van der Waals surface area contributed by atoms with Crippen LogP contribution < -0.4 is 16.2 Å². The molecule has 0 aliphatic heterocycles. The number of urea groups is 1. The highest BCUT2D eigenvalue weighted by atomic mass is 16.4. The second-order valence-corrected chi connectivity index (χ2v) is 6.46. The second kappa shape index (κ2) is 9.49. The lowest BCUT2D eigenvalue weighted by atomic mass is 10.2. The third kappa shape index (κ3) is 5.41. The number of aromatic amines is 1. The van der Waals surface area contributed by atoms with E-state index in [1.165, 1.54) is 6.20 Å². The summed E-state index contributed by atoms with van der Waals surface area (Å²) in [6.07, 6.45) is 3.59. The molecule has 2 amide bonds. The number of rotatable bonds is 9. The van der Waals surface area contributed by atoms with E-state index < -0.39 is 5.97 Å². The maximum Gasteiger partial charge on any atom is 0.315 e. The van der Waals surface area contributed by atoms with Crippen molar-refractivity contribution in [3.8, 4) is 5.69 Å². The first kappa shape index (κ1) is 20.1. The Balaban J connectivity index is 1.57. The lowest BCUT2D eigenvalue weighted by Gasteiger charge is -2.08. The van der Waals surface area contributed by atoms with Gasteiger partial charge in [-0.05, 0) is 25.0 Å². The van der Waals surface area contributed by atoms with Crippen LogP contribution in [-0.2, 0) is 11.3 Å². The predicted molar refractivity (Wildman–Crippen MR) is 106 cm³/mol. The molecule has 0 saturated carbocycles. The molecule has 0 saturated heterocycles. The number of hydrogen-bond acceptors (Lipinski definition) is 5. The van der Waals surface area contributed by atoms with Crippen LogP contribution in [0.15, 0.2) is 41.3 Å². The Bertz CT molecular complexity index is 1040. The van der Waals surface area contributed by atoms with Crippen molar-refractivity contribution in [2.45, 2.75) is 32.2 Å². The zero-order chi connectivity index (χ0) is 20.6. The van der Waals surface area contributed by atoms with Gasteiger partial charge in [0.25, 0.3) is 5.56 Å². The van der Waals surface area contributed by atoms with Crippen molar-refractivity contribution in [2.24, 2.45) is 0 Å². The fraction of sp³-hybridized carbons (Fsp3) is 0.316. The Morgan fingerprint density at radius 2 is 1.90 bits per heavy atom. The first-order valence-corrected chi connectivity index (χ1v) is 9.30. The van der Waals surface area contributed by atoms with E-state index in [0.29, 0.717) is 36.2 Å². The monoisotopic (exact) mass is 398 g/mol. The maximum atomic E-state index is 12.3.